The zero-order chi connectivity index (χ0) is 11.4. The van der Waals surface area contributed by atoms with E-state index >= 15 is 0 Å². The molecule has 2 heteroatoms. The summed E-state index contributed by atoms with van der Waals surface area (Å²) in [5.41, 5.74) is 1.95. The molecule has 0 aromatic heterocycles. The van der Waals surface area contributed by atoms with Crippen molar-refractivity contribution < 1.29 is 0 Å². The molecule has 84 valence electrons. The molecular formula is C14H18N2. The Kier molecular flexibility index (Phi) is 3.58. The molecule has 0 heterocycles. The first kappa shape index (κ1) is 11.2. The van der Waals surface area contributed by atoms with Crippen molar-refractivity contribution in [2.75, 3.05) is 6.54 Å². The van der Waals surface area contributed by atoms with Gasteiger partial charge in [0, 0.05) is 6.04 Å². The van der Waals surface area contributed by atoms with Gasteiger partial charge in [-0.3, -0.25) is 0 Å². The first-order valence-corrected chi connectivity index (χ1v) is 6.03. The van der Waals surface area contributed by atoms with Gasteiger partial charge in [0.05, 0.1) is 11.6 Å². The van der Waals surface area contributed by atoms with Crippen LogP contribution in [0.3, 0.4) is 0 Å². The molecule has 0 saturated heterocycles. The molecule has 1 aromatic rings. The molecule has 2 rings (SSSR count). The highest BCUT2D eigenvalue weighted by molar-refractivity contribution is 5.33. The zero-order valence-electron chi connectivity index (χ0n) is 9.74. The second-order valence-corrected chi connectivity index (χ2v) is 4.65. The van der Waals surface area contributed by atoms with Gasteiger partial charge in [0.1, 0.15) is 0 Å². The summed E-state index contributed by atoms with van der Waals surface area (Å²) in [5, 5.41) is 12.3. The maximum absolute atomic E-state index is 8.83. The third-order valence-corrected chi connectivity index (χ3v) is 3.22. The predicted octanol–water partition coefficient (Wildman–Crippen LogP) is 3.01. The average molecular weight is 214 g/mol. The highest BCUT2D eigenvalue weighted by Crippen LogP contribution is 2.31. The van der Waals surface area contributed by atoms with Crippen LogP contribution < -0.4 is 5.32 Å². The van der Waals surface area contributed by atoms with E-state index in [9.17, 15) is 0 Å². The van der Waals surface area contributed by atoms with Crippen molar-refractivity contribution in [1.82, 2.24) is 5.32 Å². The van der Waals surface area contributed by atoms with E-state index in [0.29, 0.717) is 6.04 Å². The molecule has 1 unspecified atom stereocenters. The lowest BCUT2D eigenvalue weighted by Gasteiger charge is -2.14. The number of nitrogens with one attached hydrogen (secondary N) is 1. The van der Waals surface area contributed by atoms with Crippen molar-refractivity contribution >= 4 is 0 Å². The normalized spacial score (nSPS) is 16.8. The Labute approximate surface area is 97.3 Å². The Balaban J connectivity index is 1.86. The van der Waals surface area contributed by atoms with E-state index in [0.717, 1.165) is 18.0 Å². The lowest BCUT2D eigenvalue weighted by atomic mass is 10.1. The molecule has 0 radical (unpaired) electrons. The first-order valence-electron chi connectivity index (χ1n) is 6.03. The van der Waals surface area contributed by atoms with E-state index in [1.54, 1.807) is 0 Å². The van der Waals surface area contributed by atoms with Gasteiger partial charge in [0.2, 0.25) is 0 Å². The van der Waals surface area contributed by atoms with Crippen molar-refractivity contribution in [3.63, 3.8) is 0 Å². The Hall–Kier alpha value is -1.33. The highest BCUT2D eigenvalue weighted by Gasteiger charge is 2.20. The average Bonchev–Trinajstić information content (AvgIpc) is 3.13. The minimum absolute atomic E-state index is 0.340. The summed E-state index contributed by atoms with van der Waals surface area (Å²) in [6, 6.07) is 10.4. The Bertz CT molecular complexity index is 388. The van der Waals surface area contributed by atoms with E-state index in [2.05, 4.69) is 24.4 Å². The quantitative estimate of drug-likeness (QED) is 0.817. The summed E-state index contributed by atoms with van der Waals surface area (Å²) in [6.45, 7) is 3.24. The van der Waals surface area contributed by atoms with Crippen LogP contribution in [0.25, 0.3) is 0 Å². The molecule has 1 aliphatic carbocycles. The molecule has 16 heavy (non-hydrogen) atoms. The van der Waals surface area contributed by atoms with Crippen molar-refractivity contribution in [2.24, 2.45) is 5.92 Å². The van der Waals surface area contributed by atoms with Crippen molar-refractivity contribution in [3.8, 4) is 6.07 Å². The predicted molar refractivity (Wildman–Crippen MR) is 64.9 cm³/mol. The smallest absolute Gasteiger partial charge is 0.0991 e. The lowest BCUT2D eigenvalue weighted by Crippen LogP contribution is -2.20. The molecule has 0 aliphatic heterocycles. The number of benzene rings is 1. The van der Waals surface area contributed by atoms with E-state index < -0.39 is 0 Å². The van der Waals surface area contributed by atoms with Gasteiger partial charge in [-0.1, -0.05) is 25.0 Å². The SMILES string of the molecule is CC(NCCC1CC1)c1cccc(C#N)c1. The zero-order valence-corrected chi connectivity index (χ0v) is 9.74. The number of rotatable bonds is 5. The van der Waals surface area contributed by atoms with Crippen LogP contribution in [0, 0.1) is 17.2 Å². The second-order valence-electron chi connectivity index (χ2n) is 4.65. The largest absolute Gasteiger partial charge is 0.310 e. The van der Waals surface area contributed by atoms with Crippen LogP contribution in [0.1, 0.15) is 43.4 Å². The van der Waals surface area contributed by atoms with Gasteiger partial charge in [0.15, 0.2) is 0 Å². The van der Waals surface area contributed by atoms with Gasteiger partial charge in [-0.15, -0.1) is 0 Å². The fourth-order valence-electron chi connectivity index (χ4n) is 1.91. The Morgan fingerprint density at radius 2 is 2.31 bits per heavy atom. The second kappa shape index (κ2) is 5.14. The molecule has 0 spiro atoms. The van der Waals surface area contributed by atoms with Crippen molar-refractivity contribution in [2.45, 2.75) is 32.2 Å². The summed E-state index contributed by atoms with van der Waals surface area (Å²) < 4.78 is 0. The highest BCUT2D eigenvalue weighted by atomic mass is 14.9. The van der Waals surface area contributed by atoms with Crippen LogP contribution in [-0.4, -0.2) is 6.54 Å². The summed E-state index contributed by atoms with van der Waals surface area (Å²) >= 11 is 0. The maximum atomic E-state index is 8.83. The van der Waals surface area contributed by atoms with E-state index in [1.807, 2.05) is 18.2 Å². The van der Waals surface area contributed by atoms with Crippen LogP contribution in [-0.2, 0) is 0 Å². The minimum atomic E-state index is 0.340. The lowest BCUT2D eigenvalue weighted by molar-refractivity contribution is 0.539. The van der Waals surface area contributed by atoms with E-state index in [4.69, 9.17) is 5.26 Å². The van der Waals surface area contributed by atoms with E-state index in [1.165, 1.54) is 24.8 Å². The Morgan fingerprint density at radius 1 is 1.50 bits per heavy atom. The third-order valence-electron chi connectivity index (χ3n) is 3.22. The van der Waals surface area contributed by atoms with Crippen LogP contribution in [0.2, 0.25) is 0 Å². The number of hydrogen-bond acceptors (Lipinski definition) is 2. The molecule has 1 saturated carbocycles. The molecule has 1 aliphatic rings. The molecule has 1 fully saturated rings. The van der Waals surface area contributed by atoms with Crippen molar-refractivity contribution in [3.05, 3.63) is 35.4 Å². The van der Waals surface area contributed by atoms with Crippen LogP contribution in [0.15, 0.2) is 24.3 Å². The van der Waals surface area contributed by atoms with Gasteiger partial charge < -0.3 is 5.32 Å². The molecule has 2 nitrogen and oxygen atoms in total. The molecular weight excluding hydrogens is 196 g/mol. The van der Waals surface area contributed by atoms with Gasteiger partial charge >= 0.3 is 0 Å². The summed E-state index contributed by atoms with van der Waals surface area (Å²) in [6.07, 6.45) is 4.13. The Morgan fingerprint density at radius 3 is 3.00 bits per heavy atom. The van der Waals surface area contributed by atoms with Gasteiger partial charge in [-0.25, -0.2) is 0 Å². The summed E-state index contributed by atoms with van der Waals surface area (Å²) in [7, 11) is 0. The molecule has 0 bridgehead atoms. The first-order chi connectivity index (χ1) is 7.79. The number of nitriles is 1. The van der Waals surface area contributed by atoms with Gasteiger partial charge in [-0.05, 0) is 43.5 Å². The van der Waals surface area contributed by atoms with Gasteiger partial charge in [-0.2, -0.15) is 5.26 Å². The molecule has 1 aromatic carbocycles. The number of nitrogens with zero attached hydrogens (tertiary/aromatic N) is 1. The molecule has 0 amide bonds. The van der Waals surface area contributed by atoms with E-state index in [-0.39, 0.29) is 0 Å². The summed E-state index contributed by atoms with van der Waals surface area (Å²) in [4.78, 5) is 0. The summed E-state index contributed by atoms with van der Waals surface area (Å²) in [5.74, 6) is 0.977. The third kappa shape index (κ3) is 3.08. The maximum Gasteiger partial charge on any atom is 0.0991 e. The van der Waals surface area contributed by atoms with Gasteiger partial charge in [0.25, 0.3) is 0 Å². The number of hydrogen-bond donors (Lipinski definition) is 1. The standard InChI is InChI=1S/C14H18N2/c1-11(16-8-7-12-5-6-12)14-4-2-3-13(9-14)10-15/h2-4,9,11-12,16H,5-8H2,1H3. The topological polar surface area (TPSA) is 35.8 Å². The molecule has 1 N–H and O–H groups in total. The van der Waals surface area contributed by atoms with Crippen LogP contribution in [0.5, 0.6) is 0 Å². The molecule has 1 atom stereocenters. The van der Waals surface area contributed by atoms with Crippen LogP contribution >= 0.6 is 0 Å². The monoisotopic (exact) mass is 214 g/mol. The fourth-order valence-corrected chi connectivity index (χ4v) is 1.91. The van der Waals surface area contributed by atoms with Crippen molar-refractivity contribution in [1.29, 1.82) is 5.26 Å². The van der Waals surface area contributed by atoms with Crippen LogP contribution in [0.4, 0.5) is 0 Å². The minimum Gasteiger partial charge on any atom is -0.310 e. The fraction of sp³-hybridized carbons (Fsp3) is 0.500.